The lowest BCUT2D eigenvalue weighted by atomic mass is 9.92. The van der Waals surface area contributed by atoms with Crippen LogP contribution in [0.4, 0.5) is 23.5 Å². The van der Waals surface area contributed by atoms with Crippen LogP contribution in [-0.4, -0.2) is 288 Å². The lowest BCUT2D eigenvalue weighted by Crippen LogP contribution is -2.58. The van der Waals surface area contributed by atoms with Crippen LogP contribution < -0.4 is 47.4 Å². The summed E-state index contributed by atoms with van der Waals surface area (Å²) in [6.07, 6.45) is 9.08. The molecule has 1 aliphatic rings. The highest BCUT2D eigenvalue weighted by Gasteiger charge is 2.34. The van der Waals surface area contributed by atoms with Gasteiger partial charge in [0.25, 0.3) is 0 Å². The maximum atomic E-state index is 14.2. The van der Waals surface area contributed by atoms with Gasteiger partial charge in [-0.1, -0.05) is 97.1 Å². The van der Waals surface area contributed by atoms with Crippen LogP contribution in [-0.2, 0) is 143 Å². The number of benzene rings is 4. The molecule has 11 N–H and O–H groups in total. The summed E-state index contributed by atoms with van der Waals surface area (Å²) in [6, 6.07) is 31.9. The Morgan fingerprint density at radius 1 is 0.373 bits per heavy atom. The first-order chi connectivity index (χ1) is 65.7. The molecule has 0 spiro atoms. The number of ether oxygens (including phenoxy) is 18. The normalized spacial score (nSPS) is 12.3. The number of nitrogen functional groups attached to an aromatic ring is 3. The minimum absolute atomic E-state index is 0.0140. The number of hydrogen-bond donors (Lipinski definition) is 8. The van der Waals surface area contributed by atoms with Crippen molar-refractivity contribution in [2.75, 3.05) is 220 Å². The molecule has 1 unspecified atom stereocenters. The Morgan fingerprint density at radius 2 is 0.739 bits per heavy atom. The van der Waals surface area contributed by atoms with Crippen molar-refractivity contribution in [3.05, 3.63) is 160 Å². The number of ketones is 1. The number of rotatable bonds is 77. The zero-order chi connectivity index (χ0) is 93.9. The van der Waals surface area contributed by atoms with Crippen LogP contribution in [0.25, 0.3) is 22.3 Å². The van der Waals surface area contributed by atoms with Crippen LogP contribution in [0.3, 0.4) is 0 Å². The molecule has 3 amide bonds. The number of carbonyl (C=O) groups excluding carboxylic acids is 4. The van der Waals surface area contributed by atoms with Crippen LogP contribution in [0.5, 0.6) is 17.6 Å². The van der Waals surface area contributed by atoms with Gasteiger partial charge in [-0.2, -0.15) is 24.9 Å². The van der Waals surface area contributed by atoms with E-state index in [1.807, 2.05) is 72.8 Å². The van der Waals surface area contributed by atoms with Gasteiger partial charge in [0.1, 0.15) is 36.8 Å². The molecule has 41 heteroatoms. The first kappa shape index (κ1) is 106. The minimum atomic E-state index is -1.32. The van der Waals surface area contributed by atoms with Gasteiger partial charge in [0, 0.05) is 76.2 Å². The number of nitrogens with two attached hydrogens (primary N) is 3. The van der Waals surface area contributed by atoms with Crippen molar-refractivity contribution in [3.8, 4) is 17.6 Å². The fourth-order valence-corrected chi connectivity index (χ4v) is 13.9. The number of halogens is 2. The van der Waals surface area contributed by atoms with Gasteiger partial charge < -0.3 is 128 Å². The Labute approximate surface area is 789 Å². The van der Waals surface area contributed by atoms with Crippen LogP contribution in [0.2, 0.25) is 0 Å². The van der Waals surface area contributed by atoms with Gasteiger partial charge in [0.15, 0.2) is 22.3 Å². The Hall–Kier alpha value is -10.4. The SMILES string of the molecule is Nc1nc2c(c(OCc3ccc(COCCOCCOCCOCCNC(=O)CCOCC(COCCC(=O)CCCOCCOCCOCCOCc4ccc(COc5nc(N)nc6[nH]cnc56)cc4)(COCCC(=O)NCCOCCOCCOCCOCc4ccc(COc5nc(N)nc6[nH]cnc56)cc4)NC(=O)CCCc4ccc(C(CCCl)CCCl)cc4)cc3)n1)N=CC2. The Kier molecular flexibility index (Phi) is 49.7. The summed E-state index contributed by atoms with van der Waals surface area (Å²) in [7, 11) is 0. The van der Waals surface area contributed by atoms with E-state index in [-0.39, 0.29) is 159 Å². The molecule has 6 heterocycles. The molecule has 9 aromatic rings. The predicted molar refractivity (Wildman–Crippen MR) is 499 cm³/mol. The third-order valence-corrected chi connectivity index (χ3v) is 20.9. The van der Waals surface area contributed by atoms with Gasteiger partial charge in [-0.05, 0) is 82.5 Å². The molecule has 0 aliphatic carbocycles. The third-order valence-electron chi connectivity index (χ3n) is 20.5. The number of fused-ring (bicyclic) bond motifs is 3. The molecule has 39 nitrogen and oxygen atoms in total. The maximum absolute atomic E-state index is 14.2. The van der Waals surface area contributed by atoms with Crippen molar-refractivity contribution >= 4 is 98.8 Å². The van der Waals surface area contributed by atoms with Crippen LogP contribution in [0.15, 0.2) is 115 Å². The number of hydrogen-bond acceptors (Lipinski definition) is 34. The Balaban J connectivity index is 0.597. The fourth-order valence-electron chi connectivity index (χ4n) is 13.4. The summed E-state index contributed by atoms with van der Waals surface area (Å²) in [5.74, 6) is 1.72. The molecule has 5 aromatic heterocycles. The number of alkyl halides is 2. The molecule has 10 rings (SSSR count). The average Bonchev–Trinajstić information content (AvgIpc) is 1.56. The van der Waals surface area contributed by atoms with Crippen molar-refractivity contribution in [1.29, 1.82) is 0 Å². The van der Waals surface area contributed by atoms with Gasteiger partial charge in [0.2, 0.25) is 53.2 Å². The molecule has 0 fully saturated rings. The van der Waals surface area contributed by atoms with Gasteiger partial charge in [-0.15, -0.1) is 23.2 Å². The van der Waals surface area contributed by atoms with E-state index in [0.717, 1.165) is 63.0 Å². The van der Waals surface area contributed by atoms with Crippen molar-refractivity contribution in [3.63, 3.8) is 0 Å². The van der Waals surface area contributed by atoms with Crippen molar-refractivity contribution in [1.82, 2.24) is 65.8 Å². The largest absolute Gasteiger partial charge is 0.471 e. The molecular weight excluding hydrogens is 1780 g/mol. The number of H-pyrrole nitrogens is 2. The predicted octanol–water partition coefficient (Wildman–Crippen LogP) is 8.67. The van der Waals surface area contributed by atoms with E-state index < -0.39 is 5.54 Å². The first-order valence-corrected chi connectivity index (χ1v) is 46.3. The van der Waals surface area contributed by atoms with Gasteiger partial charge in [-0.3, -0.25) is 24.2 Å². The van der Waals surface area contributed by atoms with Crippen LogP contribution in [0.1, 0.15) is 114 Å². The summed E-state index contributed by atoms with van der Waals surface area (Å²) >= 11 is 12.3. The van der Waals surface area contributed by atoms with E-state index in [4.69, 9.17) is 126 Å². The number of nitrogens with zero attached hydrogens (tertiary/aromatic N) is 9. The number of amides is 3. The van der Waals surface area contributed by atoms with E-state index in [2.05, 4.69) is 95.0 Å². The van der Waals surface area contributed by atoms with Gasteiger partial charge in [0.05, 0.1) is 210 Å². The molecular formula is C93H127Cl2N17O22. The molecule has 0 saturated heterocycles. The zero-order valence-corrected chi connectivity index (χ0v) is 77.5. The molecule has 0 saturated carbocycles. The van der Waals surface area contributed by atoms with Crippen LogP contribution >= 0.6 is 23.2 Å². The standard InChI is InChI=1S/C93H127Cl2N17O22/c94-28-22-76(23-29-95)75-20-18-68(19-21-75)3-1-5-81(116)112-93(63-129-34-25-77(113)4-2-33-117-39-42-120-45-48-123-51-54-127-58-70-8-14-73(15-9-70)61-133-88-83-85(104-66-102-83)107-91(97)110-88,64-130-35-26-79(114)99-31-37-118-40-43-121-46-49-124-52-55-126-57-69-6-12-72(13-7-69)60-132-87-82-78(24-30-101-82)106-90(96)109-87)65-131-36-27-80(115)100-32-38-119-41-44-122-47-50-125-53-56-128-59-71-10-16-74(17-11-71)62-134-89-84-86(105-67-103-84)108-92(98)111-89/h6-21,30,66-67,76H,1-5,22-29,31-65H2,(H,99,114)(H,100,115)(H,112,116)(H2,96,106,109)(H3,97,102,104,107,110)(H3,98,103,105,108,111). The number of aliphatic imine (C=N–C) groups is 1. The number of aromatic amines is 2. The number of carbonyl (C=O) groups is 4. The van der Waals surface area contributed by atoms with E-state index in [1.165, 1.54) is 12.7 Å². The summed E-state index contributed by atoms with van der Waals surface area (Å²) in [5.41, 5.74) is 27.6. The van der Waals surface area contributed by atoms with Crippen LogP contribution in [0, 0.1) is 0 Å². The molecule has 4 aromatic carbocycles. The monoisotopic (exact) mass is 1900 g/mol. The lowest BCUT2D eigenvalue weighted by molar-refractivity contribution is -0.130. The third kappa shape index (κ3) is 41.4. The molecule has 0 bridgehead atoms. The summed E-state index contributed by atoms with van der Waals surface area (Å²) < 4.78 is 105. The number of Topliss-reactive ketones (excluding diaryl/α,β-unsaturated/α-hetero) is 1. The fraction of sp³-hybridized carbons (Fsp3) is 0.538. The first-order valence-electron chi connectivity index (χ1n) is 45.2. The Morgan fingerprint density at radius 3 is 1.16 bits per heavy atom. The highest BCUT2D eigenvalue weighted by Crippen LogP contribution is 2.34. The molecule has 0 radical (unpaired) electrons. The minimum Gasteiger partial charge on any atom is -0.471 e. The van der Waals surface area contributed by atoms with Gasteiger partial charge >= 0.3 is 0 Å². The number of aryl methyl sites for hydroxylation is 1. The van der Waals surface area contributed by atoms with E-state index in [1.54, 1.807) is 6.21 Å². The zero-order valence-electron chi connectivity index (χ0n) is 76.0. The van der Waals surface area contributed by atoms with Crippen molar-refractivity contribution in [2.45, 2.75) is 122 Å². The summed E-state index contributed by atoms with van der Waals surface area (Å²) in [4.78, 5) is 97.3. The summed E-state index contributed by atoms with van der Waals surface area (Å²) in [6.45, 7) is 9.63. The topological polar surface area (TPSA) is 496 Å². The van der Waals surface area contributed by atoms with Crippen molar-refractivity contribution < 1.29 is 104 Å². The van der Waals surface area contributed by atoms with Gasteiger partial charge in [-0.25, -0.2) is 15.0 Å². The smallest absolute Gasteiger partial charge is 0.247 e. The highest BCUT2D eigenvalue weighted by molar-refractivity contribution is 6.18. The second-order valence-corrected chi connectivity index (χ2v) is 31.7. The van der Waals surface area contributed by atoms with E-state index >= 15 is 0 Å². The molecule has 1 aliphatic heterocycles. The lowest BCUT2D eigenvalue weighted by Gasteiger charge is -2.34. The maximum Gasteiger partial charge on any atom is 0.247 e. The quantitative estimate of drug-likeness (QED) is 0.0130. The number of anilines is 3. The number of imidazole rings is 2. The average molecular weight is 1910 g/mol. The molecule has 134 heavy (non-hydrogen) atoms. The number of nitrogens with one attached hydrogen (secondary N) is 5. The second-order valence-electron chi connectivity index (χ2n) is 31.0. The molecule has 1 atom stereocenters. The second kappa shape index (κ2) is 63.0. The Bertz CT molecular complexity index is 4670. The number of aromatic nitrogens is 10. The van der Waals surface area contributed by atoms with Crippen molar-refractivity contribution in [2.24, 2.45) is 4.99 Å². The highest BCUT2D eigenvalue weighted by atomic mass is 35.5. The van der Waals surface area contributed by atoms with E-state index in [9.17, 15) is 19.2 Å². The van der Waals surface area contributed by atoms with E-state index in [0.29, 0.717) is 235 Å². The summed E-state index contributed by atoms with van der Waals surface area (Å²) in [5, 5.41) is 8.87. The molecule has 730 valence electrons.